The Morgan fingerprint density at radius 3 is 2.00 bits per heavy atom. The molecule has 1 aliphatic carbocycles. The first-order chi connectivity index (χ1) is 12.8. The summed E-state index contributed by atoms with van der Waals surface area (Å²) in [7, 11) is 0. The Balaban J connectivity index is 1.27. The number of carbonyl (C=O) groups excluding carboxylic acids is 1. The van der Waals surface area contributed by atoms with Gasteiger partial charge in [-0.05, 0) is 55.2 Å². The summed E-state index contributed by atoms with van der Waals surface area (Å²) < 4.78 is 5.46. The van der Waals surface area contributed by atoms with Crippen LogP contribution < -0.4 is 0 Å². The van der Waals surface area contributed by atoms with Gasteiger partial charge in [0.15, 0.2) is 0 Å². The van der Waals surface area contributed by atoms with Crippen LogP contribution in [0.3, 0.4) is 0 Å². The lowest BCUT2D eigenvalue weighted by molar-refractivity contribution is -0.311. The van der Waals surface area contributed by atoms with Crippen LogP contribution in [0.25, 0.3) is 0 Å². The van der Waals surface area contributed by atoms with E-state index in [-0.39, 0.29) is 5.97 Å². The van der Waals surface area contributed by atoms with Gasteiger partial charge in [0.1, 0.15) is 6.61 Å². The van der Waals surface area contributed by atoms with Crippen molar-refractivity contribution >= 4 is 5.97 Å². The van der Waals surface area contributed by atoms with Gasteiger partial charge >= 0.3 is 5.97 Å². The number of ether oxygens (including phenoxy) is 1. The number of hydrogen-bond donors (Lipinski definition) is 0. The average Bonchev–Trinajstić information content (AvgIpc) is 2.72. The smallest absolute Gasteiger partial charge is 0.338 e. The monoisotopic (exact) mass is 354 g/mol. The van der Waals surface area contributed by atoms with Gasteiger partial charge in [-0.2, -0.15) is 0 Å². The van der Waals surface area contributed by atoms with E-state index in [0.29, 0.717) is 37.2 Å². The molecule has 26 heavy (non-hydrogen) atoms. The maximum absolute atomic E-state index is 12.0. The van der Waals surface area contributed by atoms with Crippen LogP contribution in [-0.4, -0.2) is 19.2 Å². The lowest BCUT2D eigenvalue weighted by Gasteiger charge is -2.27. The van der Waals surface area contributed by atoms with Gasteiger partial charge in [-0.15, -0.1) is 0 Å². The maximum Gasteiger partial charge on any atom is 0.338 e. The van der Waals surface area contributed by atoms with Crippen molar-refractivity contribution in [2.75, 3.05) is 13.2 Å². The normalized spacial score (nSPS) is 19.8. The summed E-state index contributed by atoms with van der Waals surface area (Å²) >= 11 is 0. The van der Waals surface area contributed by atoms with Gasteiger partial charge in [-0.25, -0.2) is 14.6 Å². The van der Waals surface area contributed by atoms with E-state index in [1.165, 1.54) is 0 Å². The summed E-state index contributed by atoms with van der Waals surface area (Å²) in [4.78, 5) is 22.7. The summed E-state index contributed by atoms with van der Waals surface area (Å²) in [5.74, 6) is 0.737. The zero-order chi connectivity index (χ0) is 18.0. The highest BCUT2D eigenvalue weighted by Gasteiger charge is 2.23. The third-order valence-corrected chi connectivity index (χ3v) is 4.88. The predicted octanol–water partition coefficient (Wildman–Crippen LogP) is 4.80. The molecule has 0 spiro atoms. The highest BCUT2D eigenvalue weighted by Crippen LogP contribution is 2.29. The minimum Gasteiger partial charge on any atom is -0.462 e. The van der Waals surface area contributed by atoms with E-state index in [4.69, 9.17) is 14.5 Å². The first-order valence-corrected chi connectivity index (χ1v) is 9.32. The van der Waals surface area contributed by atoms with Crippen molar-refractivity contribution in [1.29, 1.82) is 0 Å². The van der Waals surface area contributed by atoms with Gasteiger partial charge in [-0.1, -0.05) is 48.5 Å². The van der Waals surface area contributed by atoms with Gasteiger partial charge in [0, 0.05) is 0 Å². The van der Waals surface area contributed by atoms with Crippen LogP contribution >= 0.6 is 0 Å². The molecular formula is C22H26O4. The number of rotatable bonds is 8. The molecule has 0 atom stereocenters. The van der Waals surface area contributed by atoms with Crippen LogP contribution in [0.1, 0.15) is 41.6 Å². The summed E-state index contributed by atoms with van der Waals surface area (Å²) in [6.45, 7) is 1.61. The predicted molar refractivity (Wildman–Crippen MR) is 99.4 cm³/mol. The van der Waals surface area contributed by atoms with Crippen molar-refractivity contribution < 1.29 is 19.3 Å². The fraction of sp³-hybridized carbons (Fsp3) is 0.409. The van der Waals surface area contributed by atoms with Crippen molar-refractivity contribution in [3.63, 3.8) is 0 Å². The van der Waals surface area contributed by atoms with E-state index in [2.05, 4.69) is 0 Å². The van der Waals surface area contributed by atoms with Crippen molar-refractivity contribution in [2.24, 2.45) is 11.8 Å². The molecule has 3 rings (SSSR count). The Labute approximate surface area is 155 Å². The topological polar surface area (TPSA) is 44.8 Å². The van der Waals surface area contributed by atoms with Crippen molar-refractivity contribution in [2.45, 2.75) is 32.3 Å². The third kappa shape index (κ3) is 5.97. The maximum atomic E-state index is 12.0. The molecule has 0 amide bonds. The van der Waals surface area contributed by atoms with Crippen LogP contribution in [0.4, 0.5) is 0 Å². The van der Waals surface area contributed by atoms with Crippen molar-refractivity contribution in [3.05, 3.63) is 71.8 Å². The van der Waals surface area contributed by atoms with E-state index >= 15 is 0 Å². The molecule has 1 saturated carbocycles. The Bertz CT molecular complexity index is 648. The Morgan fingerprint density at radius 2 is 1.35 bits per heavy atom. The molecule has 0 unspecified atom stereocenters. The lowest BCUT2D eigenvalue weighted by atomic mass is 9.83. The van der Waals surface area contributed by atoms with E-state index < -0.39 is 0 Å². The zero-order valence-electron chi connectivity index (χ0n) is 15.0. The molecule has 4 heteroatoms. The van der Waals surface area contributed by atoms with Crippen LogP contribution in [0.5, 0.6) is 0 Å². The molecular weight excluding hydrogens is 328 g/mol. The molecule has 0 bridgehead atoms. The van der Waals surface area contributed by atoms with Crippen LogP contribution in [0, 0.1) is 11.8 Å². The summed E-state index contributed by atoms with van der Waals surface area (Å²) in [5, 5.41) is 0. The minimum atomic E-state index is -0.231. The van der Waals surface area contributed by atoms with Gasteiger partial charge in [0.25, 0.3) is 0 Å². The first kappa shape index (κ1) is 18.6. The Kier molecular flexibility index (Phi) is 7.23. The Morgan fingerprint density at radius 1 is 0.769 bits per heavy atom. The minimum absolute atomic E-state index is 0.231. The average molecular weight is 354 g/mol. The molecule has 1 aliphatic rings. The molecule has 0 radical (unpaired) electrons. The van der Waals surface area contributed by atoms with Gasteiger partial charge in [0.05, 0.1) is 18.8 Å². The fourth-order valence-corrected chi connectivity index (χ4v) is 3.24. The largest absolute Gasteiger partial charge is 0.462 e. The second-order valence-corrected chi connectivity index (χ2v) is 6.88. The second kappa shape index (κ2) is 10.1. The number of carbonyl (C=O) groups is 1. The Hall–Kier alpha value is -2.17. The lowest BCUT2D eigenvalue weighted by Crippen LogP contribution is -2.23. The molecule has 1 fully saturated rings. The molecule has 0 heterocycles. The number of hydrogen-bond acceptors (Lipinski definition) is 4. The van der Waals surface area contributed by atoms with Crippen LogP contribution in [0.15, 0.2) is 60.7 Å². The van der Waals surface area contributed by atoms with Gasteiger partial charge in [-0.3, -0.25) is 0 Å². The van der Waals surface area contributed by atoms with Crippen molar-refractivity contribution in [3.8, 4) is 0 Å². The highest BCUT2D eigenvalue weighted by atomic mass is 17.2. The molecule has 0 N–H and O–H groups in total. The van der Waals surface area contributed by atoms with E-state index in [1.54, 1.807) is 12.1 Å². The van der Waals surface area contributed by atoms with E-state index in [9.17, 15) is 4.79 Å². The summed E-state index contributed by atoms with van der Waals surface area (Å²) in [6.07, 6.45) is 4.30. The molecule has 4 nitrogen and oxygen atoms in total. The zero-order valence-corrected chi connectivity index (χ0v) is 15.0. The summed E-state index contributed by atoms with van der Waals surface area (Å²) in [6, 6.07) is 19.2. The molecule has 0 saturated heterocycles. The van der Waals surface area contributed by atoms with Crippen molar-refractivity contribution in [1.82, 2.24) is 0 Å². The number of benzene rings is 2. The van der Waals surface area contributed by atoms with Gasteiger partial charge < -0.3 is 4.74 Å². The van der Waals surface area contributed by atoms with Gasteiger partial charge in [0.2, 0.25) is 0 Å². The summed E-state index contributed by atoms with van der Waals surface area (Å²) in [5.41, 5.74) is 1.72. The highest BCUT2D eigenvalue weighted by molar-refractivity contribution is 5.89. The second-order valence-electron chi connectivity index (χ2n) is 6.88. The van der Waals surface area contributed by atoms with E-state index in [0.717, 1.165) is 31.2 Å². The third-order valence-electron chi connectivity index (χ3n) is 4.88. The van der Waals surface area contributed by atoms with E-state index in [1.807, 2.05) is 48.5 Å². The SMILES string of the molecule is O=C(OCC1CCC(COOCc2ccccc2)CC1)c1ccccc1. The first-order valence-electron chi connectivity index (χ1n) is 9.32. The van der Waals surface area contributed by atoms with Crippen LogP contribution in [-0.2, 0) is 21.1 Å². The quantitative estimate of drug-likeness (QED) is 0.296. The molecule has 2 aromatic rings. The molecule has 0 aliphatic heterocycles. The molecule has 138 valence electrons. The number of esters is 1. The standard InChI is InChI=1S/C22H26O4/c23-22(21-9-5-2-6-10-21)24-15-19-11-13-20(14-12-19)17-26-25-16-18-7-3-1-4-8-18/h1-10,19-20H,11-17H2. The molecule has 0 aromatic heterocycles. The van der Waals surface area contributed by atoms with Crippen LogP contribution in [0.2, 0.25) is 0 Å². The fourth-order valence-electron chi connectivity index (χ4n) is 3.24. The molecule has 2 aromatic carbocycles.